The van der Waals surface area contributed by atoms with Crippen molar-refractivity contribution in [3.05, 3.63) is 0 Å². The molecule has 0 bridgehead atoms. The average Bonchev–Trinajstić information content (AvgIpc) is 2.15. The lowest BCUT2D eigenvalue weighted by Gasteiger charge is -2.41. The number of hydrogen-bond donors (Lipinski definition) is 1. The summed E-state index contributed by atoms with van der Waals surface area (Å²) in [5.41, 5.74) is 6.34. The molecule has 2 heteroatoms. The maximum absolute atomic E-state index is 6.34. The first-order valence-electron chi connectivity index (χ1n) is 6.95. The van der Waals surface area contributed by atoms with E-state index in [1.165, 1.54) is 19.4 Å². The van der Waals surface area contributed by atoms with Crippen molar-refractivity contribution in [2.75, 3.05) is 13.1 Å². The van der Waals surface area contributed by atoms with Gasteiger partial charge < -0.3 is 10.6 Å². The highest BCUT2D eigenvalue weighted by molar-refractivity contribution is 4.87. The molecule has 1 fully saturated rings. The Morgan fingerprint density at radius 1 is 1.25 bits per heavy atom. The molecule has 4 unspecified atom stereocenters. The van der Waals surface area contributed by atoms with E-state index in [0.29, 0.717) is 18.0 Å². The van der Waals surface area contributed by atoms with Crippen LogP contribution in [0.3, 0.4) is 0 Å². The summed E-state index contributed by atoms with van der Waals surface area (Å²) in [6, 6.07) is 1.05. The van der Waals surface area contributed by atoms with Gasteiger partial charge in [0.15, 0.2) is 0 Å². The first kappa shape index (κ1) is 14.0. The van der Waals surface area contributed by atoms with Crippen molar-refractivity contribution in [2.45, 2.75) is 59.5 Å². The van der Waals surface area contributed by atoms with Gasteiger partial charge in [-0.2, -0.15) is 0 Å². The Labute approximate surface area is 102 Å². The second-order valence-corrected chi connectivity index (χ2v) is 6.06. The SMILES string of the molecule is CCN(CC1C(C)CC(C)CC1N)C(C)C. The van der Waals surface area contributed by atoms with Crippen molar-refractivity contribution >= 4 is 0 Å². The van der Waals surface area contributed by atoms with Crippen molar-refractivity contribution in [3.63, 3.8) is 0 Å². The molecule has 2 N–H and O–H groups in total. The molecular weight excluding hydrogens is 196 g/mol. The van der Waals surface area contributed by atoms with Gasteiger partial charge in [0, 0.05) is 18.6 Å². The fourth-order valence-electron chi connectivity index (χ4n) is 3.26. The number of nitrogens with zero attached hydrogens (tertiary/aromatic N) is 1. The minimum Gasteiger partial charge on any atom is -0.327 e. The highest BCUT2D eigenvalue weighted by Crippen LogP contribution is 2.33. The Morgan fingerprint density at radius 2 is 1.88 bits per heavy atom. The highest BCUT2D eigenvalue weighted by Gasteiger charge is 2.32. The van der Waals surface area contributed by atoms with Gasteiger partial charge in [0.1, 0.15) is 0 Å². The lowest BCUT2D eigenvalue weighted by Crippen LogP contribution is -2.48. The van der Waals surface area contributed by atoms with Crippen LogP contribution in [0.4, 0.5) is 0 Å². The summed E-state index contributed by atoms with van der Waals surface area (Å²) in [5.74, 6) is 2.29. The topological polar surface area (TPSA) is 29.3 Å². The Morgan fingerprint density at radius 3 is 2.31 bits per heavy atom. The smallest absolute Gasteiger partial charge is 0.00844 e. The molecule has 1 rings (SSSR count). The summed E-state index contributed by atoms with van der Waals surface area (Å²) in [5, 5.41) is 0. The molecule has 0 aliphatic heterocycles. The van der Waals surface area contributed by atoms with Crippen LogP contribution in [0.25, 0.3) is 0 Å². The maximum atomic E-state index is 6.34. The van der Waals surface area contributed by atoms with E-state index < -0.39 is 0 Å². The van der Waals surface area contributed by atoms with Gasteiger partial charge in [-0.15, -0.1) is 0 Å². The average molecular weight is 226 g/mol. The molecule has 1 aliphatic carbocycles. The van der Waals surface area contributed by atoms with Crippen LogP contribution in [0.1, 0.15) is 47.5 Å². The second-order valence-electron chi connectivity index (χ2n) is 6.06. The molecule has 16 heavy (non-hydrogen) atoms. The van der Waals surface area contributed by atoms with Crippen molar-refractivity contribution in [1.29, 1.82) is 0 Å². The maximum Gasteiger partial charge on any atom is 0.00844 e. The summed E-state index contributed by atoms with van der Waals surface area (Å²) < 4.78 is 0. The van der Waals surface area contributed by atoms with E-state index in [-0.39, 0.29) is 0 Å². The Balaban J connectivity index is 2.57. The molecule has 1 saturated carbocycles. The van der Waals surface area contributed by atoms with Crippen LogP contribution in [-0.2, 0) is 0 Å². The third-order valence-corrected chi connectivity index (χ3v) is 4.31. The number of nitrogens with two attached hydrogens (primary N) is 1. The summed E-state index contributed by atoms with van der Waals surface area (Å²) in [7, 11) is 0. The fraction of sp³-hybridized carbons (Fsp3) is 1.00. The van der Waals surface area contributed by atoms with E-state index in [1.54, 1.807) is 0 Å². The molecule has 0 spiro atoms. The lowest BCUT2D eigenvalue weighted by atomic mass is 9.72. The molecule has 96 valence electrons. The monoisotopic (exact) mass is 226 g/mol. The van der Waals surface area contributed by atoms with Gasteiger partial charge in [0.2, 0.25) is 0 Å². The van der Waals surface area contributed by atoms with E-state index in [4.69, 9.17) is 5.73 Å². The first-order valence-corrected chi connectivity index (χ1v) is 6.95. The summed E-state index contributed by atoms with van der Waals surface area (Å²) in [4.78, 5) is 2.55. The minimum absolute atomic E-state index is 0.409. The Hall–Kier alpha value is -0.0800. The third kappa shape index (κ3) is 3.46. The molecule has 4 atom stereocenters. The molecule has 0 amide bonds. The standard InChI is InChI=1S/C14H30N2/c1-6-16(10(2)3)9-13-12(5)7-11(4)8-14(13)15/h10-14H,6-9,15H2,1-5H3. The molecular formula is C14H30N2. The molecule has 0 aromatic heterocycles. The molecule has 0 aromatic rings. The van der Waals surface area contributed by atoms with Crippen LogP contribution < -0.4 is 5.73 Å². The molecule has 0 aromatic carbocycles. The molecule has 0 saturated heterocycles. The van der Waals surface area contributed by atoms with Gasteiger partial charge >= 0.3 is 0 Å². The molecule has 0 heterocycles. The van der Waals surface area contributed by atoms with Crippen molar-refractivity contribution in [3.8, 4) is 0 Å². The van der Waals surface area contributed by atoms with E-state index in [1.807, 2.05) is 0 Å². The Kier molecular flexibility index (Phi) is 5.26. The first-order chi connectivity index (χ1) is 7.45. The lowest BCUT2D eigenvalue weighted by molar-refractivity contribution is 0.105. The predicted octanol–water partition coefficient (Wildman–Crippen LogP) is 2.73. The number of hydrogen-bond acceptors (Lipinski definition) is 2. The zero-order valence-electron chi connectivity index (χ0n) is 11.7. The van der Waals surface area contributed by atoms with Gasteiger partial charge in [-0.05, 0) is 51.0 Å². The van der Waals surface area contributed by atoms with E-state index in [9.17, 15) is 0 Å². The van der Waals surface area contributed by atoms with E-state index >= 15 is 0 Å². The largest absolute Gasteiger partial charge is 0.327 e. The van der Waals surface area contributed by atoms with Crippen LogP contribution in [0.5, 0.6) is 0 Å². The van der Waals surface area contributed by atoms with Gasteiger partial charge in [0.05, 0.1) is 0 Å². The second kappa shape index (κ2) is 6.02. The van der Waals surface area contributed by atoms with Crippen molar-refractivity contribution in [2.24, 2.45) is 23.5 Å². The summed E-state index contributed by atoms with van der Waals surface area (Å²) in [6.07, 6.45) is 2.57. The van der Waals surface area contributed by atoms with Crippen LogP contribution in [0, 0.1) is 17.8 Å². The van der Waals surface area contributed by atoms with Crippen molar-refractivity contribution in [1.82, 2.24) is 4.90 Å². The molecule has 0 radical (unpaired) electrons. The molecule has 1 aliphatic rings. The predicted molar refractivity (Wildman–Crippen MR) is 71.4 cm³/mol. The fourth-order valence-corrected chi connectivity index (χ4v) is 3.26. The van der Waals surface area contributed by atoms with Gasteiger partial charge in [-0.1, -0.05) is 20.8 Å². The normalized spacial score (nSPS) is 36.0. The zero-order valence-corrected chi connectivity index (χ0v) is 11.7. The van der Waals surface area contributed by atoms with Gasteiger partial charge in [0.25, 0.3) is 0 Å². The van der Waals surface area contributed by atoms with Crippen LogP contribution in [-0.4, -0.2) is 30.1 Å². The van der Waals surface area contributed by atoms with E-state index in [2.05, 4.69) is 39.5 Å². The summed E-state index contributed by atoms with van der Waals surface area (Å²) >= 11 is 0. The van der Waals surface area contributed by atoms with Crippen molar-refractivity contribution < 1.29 is 0 Å². The van der Waals surface area contributed by atoms with Crippen LogP contribution >= 0.6 is 0 Å². The Bertz CT molecular complexity index is 191. The highest BCUT2D eigenvalue weighted by atomic mass is 15.1. The zero-order chi connectivity index (χ0) is 12.3. The quantitative estimate of drug-likeness (QED) is 0.798. The van der Waals surface area contributed by atoms with Crippen LogP contribution in [0.15, 0.2) is 0 Å². The van der Waals surface area contributed by atoms with Gasteiger partial charge in [-0.3, -0.25) is 0 Å². The van der Waals surface area contributed by atoms with E-state index in [0.717, 1.165) is 18.4 Å². The summed E-state index contributed by atoms with van der Waals surface area (Å²) in [6.45, 7) is 13.9. The van der Waals surface area contributed by atoms with Crippen LogP contribution in [0.2, 0.25) is 0 Å². The van der Waals surface area contributed by atoms with Gasteiger partial charge in [-0.25, -0.2) is 0 Å². The minimum atomic E-state index is 0.409. The third-order valence-electron chi connectivity index (χ3n) is 4.31. The molecule has 2 nitrogen and oxygen atoms in total. The number of rotatable bonds is 4.